The van der Waals surface area contributed by atoms with E-state index in [2.05, 4.69) is 4.98 Å². The van der Waals surface area contributed by atoms with Crippen molar-refractivity contribution < 1.29 is 14.7 Å². The van der Waals surface area contributed by atoms with E-state index in [9.17, 15) is 9.59 Å². The van der Waals surface area contributed by atoms with Crippen molar-refractivity contribution in [2.75, 3.05) is 0 Å². The van der Waals surface area contributed by atoms with Crippen molar-refractivity contribution in [3.05, 3.63) is 58.9 Å². The highest BCUT2D eigenvalue weighted by Crippen LogP contribution is 2.12. The van der Waals surface area contributed by atoms with Gasteiger partial charge in [0.25, 0.3) is 0 Å². The number of carboxylic acid groups (broad SMARTS) is 1. The Labute approximate surface area is 102 Å². The fraction of sp³-hybridized carbons (Fsp3) is 0. The van der Waals surface area contributed by atoms with Crippen LogP contribution in [-0.4, -0.2) is 21.8 Å². The summed E-state index contributed by atoms with van der Waals surface area (Å²) in [6.45, 7) is 0. The number of nitrogens with one attached hydrogen (secondary N) is 1. The lowest BCUT2D eigenvalue weighted by Crippen LogP contribution is -2.00. The Balaban J connectivity index is 2.35. The number of aromatic amines is 1. The summed E-state index contributed by atoms with van der Waals surface area (Å²) >= 11 is 0. The molecule has 2 aromatic rings. The number of nitrogens with zero attached hydrogens (tertiary/aromatic N) is 1. The molecule has 88 valence electrons. The van der Waals surface area contributed by atoms with E-state index >= 15 is 0 Å². The third-order valence-electron chi connectivity index (χ3n) is 2.43. The lowest BCUT2D eigenvalue weighted by molar-refractivity contribution is 0.0691. The maximum atomic E-state index is 12.0. The molecular weight excluding hydrogens is 232 g/mol. The molecule has 2 N–H and O–H groups in total. The van der Waals surface area contributed by atoms with Crippen LogP contribution in [0.5, 0.6) is 0 Å². The number of carbonyl (C=O) groups excluding carboxylic acids is 1. The Bertz CT molecular complexity index is 665. The minimum absolute atomic E-state index is 0.0465. The molecule has 0 bridgehead atoms. The van der Waals surface area contributed by atoms with Gasteiger partial charge in [-0.05, 0) is 18.2 Å². The summed E-state index contributed by atoms with van der Waals surface area (Å²) in [5, 5.41) is 17.5. The molecule has 1 heterocycles. The highest BCUT2D eigenvalue weighted by molar-refractivity contribution is 6.10. The van der Waals surface area contributed by atoms with Gasteiger partial charge in [-0.1, -0.05) is 12.1 Å². The number of nitriles is 1. The lowest BCUT2D eigenvalue weighted by atomic mass is 10.0. The Hall–Kier alpha value is -2.87. The molecule has 5 nitrogen and oxygen atoms in total. The maximum absolute atomic E-state index is 12.0. The van der Waals surface area contributed by atoms with E-state index in [1.54, 1.807) is 18.2 Å². The van der Waals surface area contributed by atoms with E-state index in [0.29, 0.717) is 11.1 Å². The first-order chi connectivity index (χ1) is 8.61. The number of hydrogen-bond acceptors (Lipinski definition) is 3. The number of carbonyl (C=O) groups is 2. The van der Waals surface area contributed by atoms with E-state index in [0.717, 1.165) is 0 Å². The topological polar surface area (TPSA) is 94.0 Å². The molecular formula is C13H8N2O3. The van der Waals surface area contributed by atoms with Gasteiger partial charge in [0.1, 0.15) is 5.69 Å². The summed E-state index contributed by atoms with van der Waals surface area (Å²) in [5.41, 5.74) is 0.942. The zero-order chi connectivity index (χ0) is 13.1. The van der Waals surface area contributed by atoms with Gasteiger partial charge in [-0.25, -0.2) is 4.79 Å². The van der Waals surface area contributed by atoms with E-state index in [1.807, 2.05) is 6.07 Å². The van der Waals surface area contributed by atoms with E-state index in [-0.39, 0.29) is 17.0 Å². The zero-order valence-electron chi connectivity index (χ0n) is 9.18. The second-order valence-corrected chi connectivity index (χ2v) is 3.63. The van der Waals surface area contributed by atoms with Gasteiger partial charge in [-0.15, -0.1) is 0 Å². The van der Waals surface area contributed by atoms with Gasteiger partial charge in [0.2, 0.25) is 0 Å². The fourth-order valence-electron chi connectivity index (χ4n) is 1.55. The Kier molecular flexibility index (Phi) is 2.94. The molecule has 18 heavy (non-hydrogen) atoms. The van der Waals surface area contributed by atoms with Crippen LogP contribution >= 0.6 is 0 Å². The molecule has 0 amide bonds. The van der Waals surface area contributed by atoms with Crippen molar-refractivity contribution in [3.8, 4) is 6.07 Å². The molecule has 1 aromatic carbocycles. The van der Waals surface area contributed by atoms with Crippen LogP contribution in [0, 0.1) is 11.3 Å². The van der Waals surface area contributed by atoms with Crippen molar-refractivity contribution >= 4 is 11.8 Å². The van der Waals surface area contributed by atoms with Gasteiger partial charge in [-0.3, -0.25) is 4.79 Å². The number of carboxylic acids is 1. The van der Waals surface area contributed by atoms with Crippen LogP contribution in [0.2, 0.25) is 0 Å². The van der Waals surface area contributed by atoms with Crippen LogP contribution in [-0.2, 0) is 0 Å². The third-order valence-corrected chi connectivity index (χ3v) is 2.43. The number of aromatic carboxylic acids is 1. The standard InChI is InChI=1S/C13H8N2O3/c14-6-8-2-1-3-9(4-8)12(16)10-5-11(13(17)18)15-7-10/h1-5,7,15H,(H,17,18). The molecule has 0 aliphatic rings. The molecule has 1 aromatic heterocycles. The van der Waals surface area contributed by atoms with Crippen LogP contribution in [0.15, 0.2) is 36.5 Å². The van der Waals surface area contributed by atoms with Gasteiger partial charge in [0.15, 0.2) is 5.78 Å². The molecule has 0 unspecified atom stereocenters. The van der Waals surface area contributed by atoms with Crippen LogP contribution < -0.4 is 0 Å². The molecule has 0 radical (unpaired) electrons. The van der Waals surface area contributed by atoms with Gasteiger partial charge >= 0.3 is 5.97 Å². The molecule has 0 spiro atoms. The number of rotatable bonds is 3. The van der Waals surface area contributed by atoms with Crippen LogP contribution in [0.1, 0.15) is 32.0 Å². The summed E-state index contributed by atoms with van der Waals surface area (Å²) in [6, 6.07) is 9.46. The van der Waals surface area contributed by atoms with Crippen molar-refractivity contribution in [3.63, 3.8) is 0 Å². The predicted octanol–water partition coefficient (Wildman–Crippen LogP) is 1.82. The van der Waals surface area contributed by atoms with E-state index in [1.165, 1.54) is 18.3 Å². The first kappa shape index (κ1) is 11.6. The smallest absolute Gasteiger partial charge is 0.352 e. The second-order valence-electron chi connectivity index (χ2n) is 3.63. The summed E-state index contributed by atoms with van der Waals surface area (Å²) in [6.07, 6.45) is 1.34. The summed E-state index contributed by atoms with van der Waals surface area (Å²) in [5.74, 6) is -1.45. The van der Waals surface area contributed by atoms with Crippen molar-refractivity contribution in [1.29, 1.82) is 5.26 Å². The molecule has 0 aliphatic carbocycles. The SMILES string of the molecule is N#Cc1cccc(C(=O)c2c[nH]c(C(=O)O)c2)c1. The predicted molar refractivity (Wildman–Crippen MR) is 62.3 cm³/mol. The Morgan fingerprint density at radius 1 is 1.22 bits per heavy atom. The minimum atomic E-state index is -1.13. The van der Waals surface area contributed by atoms with Crippen molar-refractivity contribution in [2.24, 2.45) is 0 Å². The second kappa shape index (κ2) is 4.55. The largest absolute Gasteiger partial charge is 0.477 e. The Morgan fingerprint density at radius 3 is 2.61 bits per heavy atom. The highest BCUT2D eigenvalue weighted by atomic mass is 16.4. The van der Waals surface area contributed by atoms with Gasteiger partial charge in [0, 0.05) is 17.3 Å². The van der Waals surface area contributed by atoms with Gasteiger partial charge < -0.3 is 10.1 Å². The van der Waals surface area contributed by atoms with Crippen LogP contribution in [0.4, 0.5) is 0 Å². The van der Waals surface area contributed by atoms with Gasteiger partial charge in [0.05, 0.1) is 11.6 Å². The minimum Gasteiger partial charge on any atom is -0.477 e. The average molecular weight is 240 g/mol. The van der Waals surface area contributed by atoms with Gasteiger partial charge in [-0.2, -0.15) is 5.26 Å². The first-order valence-corrected chi connectivity index (χ1v) is 5.08. The maximum Gasteiger partial charge on any atom is 0.352 e. The molecule has 0 fully saturated rings. The molecule has 2 rings (SSSR count). The average Bonchev–Trinajstić information content (AvgIpc) is 2.87. The third kappa shape index (κ3) is 2.13. The zero-order valence-corrected chi connectivity index (χ0v) is 9.18. The molecule has 0 saturated heterocycles. The van der Waals surface area contributed by atoms with Crippen molar-refractivity contribution in [2.45, 2.75) is 0 Å². The fourth-order valence-corrected chi connectivity index (χ4v) is 1.55. The molecule has 0 atom stereocenters. The van der Waals surface area contributed by atoms with Crippen LogP contribution in [0.25, 0.3) is 0 Å². The van der Waals surface area contributed by atoms with Crippen molar-refractivity contribution in [1.82, 2.24) is 4.98 Å². The molecule has 0 aliphatic heterocycles. The number of H-pyrrole nitrogens is 1. The van der Waals surface area contributed by atoms with E-state index in [4.69, 9.17) is 10.4 Å². The Morgan fingerprint density at radius 2 is 2.00 bits per heavy atom. The first-order valence-electron chi connectivity index (χ1n) is 5.08. The number of hydrogen-bond donors (Lipinski definition) is 2. The quantitative estimate of drug-likeness (QED) is 0.800. The number of benzene rings is 1. The molecule has 5 heteroatoms. The lowest BCUT2D eigenvalue weighted by Gasteiger charge is -1.98. The number of aromatic nitrogens is 1. The van der Waals surface area contributed by atoms with E-state index < -0.39 is 5.97 Å². The summed E-state index contributed by atoms with van der Waals surface area (Å²) in [7, 11) is 0. The normalized spacial score (nSPS) is 9.72. The summed E-state index contributed by atoms with van der Waals surface area (Å²) < 4.78 is 0. The summed E-state index contributed by atoms with van der Waals surface area (Å²) in [4.78, 5) is 25.2. The number of ketones is 1. The monoisotopic (exact) mass is 240 g/mol. The highest BCUT2D eigenvalue weighted by Gasteiger charge is 2.14. The molecule has 0 saturated carbocycles. The van der Waals surface area contributed by atoms with Crippen LogP contribution in [0.3, 0.4) is 0 Å².